The molecular weight excluding hydrogens is 611 g/mol. The first-order valence-corrected chi connectivity index (χ1v) is 16.3. The van der Waals surface area contributed by atoms with E-state index < -0.39 is 0 Å². The summed E-state index contributed by atoms with van der Waals surface area (Å²) in [5, 5.41) is 33.9. The van der Waals surface area contributed by atoms with Gasteiger partial charge >= 0.3 is 0 Å². The molecule has 9 aromatic rings. The van der Waals surface area contributed by atoms with Crippen LogP contribution < -0.4 is 0 Å². The van der Waals surface area contributed by atoms with Crippen LogP contribution in [0.25, 0.3) is 77.2 Å². The second kappa shape index (κ2) is 11.4. The van der Waals surface area contributed by atoms with E-state index in [0.717, 1.165) is 77.2 Å². The zero-order chi connectivity index (χ0) is 33.8. The minimum absolute atomic E-state index is 0.567. The van der Waals surface area contributed by atoms with Gasteiger partial charge in [0.15, 0.2) is 0 Å². The van der Waals surface area contributed by atoms with Crippen LogP contribution in [0.5, 0.6) is 0 Å². The summed E-state index contributed by atoms with van der Waals surface area (Å²) in [7, 11) is 0. The van der Waals surface area contributed by atoms with E-state index in [1.54, 1.807) is 0 Å². The first-order valence-electron chi connectivity index (χ1n) is 16.3. The lowest BCUT2D eigenvalue weighted by Crippen LogP contribution is -2.01. The molecule has 0 saturated carbocycles. The van der Waals surface area contributed by atoms with Gasteiger partial charge in [0.05, 0.1) is 56.6 Å². The molecule has 0 aliphatic heterocycles. The van der Waals surface area contributed by atoms with Crippen LogP contribution in [0, 0.1) is 34.0 Å². The maximum atomic E-state index is 10.3. The number of hydrogen-bond acceptors (Lipinski definition) is 3. The van der Waals surface area contributed by atoms with Gasteiger partial charge < -0.3 is 9.13 Å². The largest absolute Gasteiger partial charge is 0.309 e. The van der Waals surface area contributed by atoms with Gasteiger partial charge in [-0.3, -0.25) is 0 Å². The van der Waals surface area contributed by atoms with E-state index in [-0.39, 0.29) is 0 Å². The molecular formula is C45H25N5. The Hall–Kier alpha value is -7.39. The summed E-state index contributed by atoms with van der Waals surface area (Å²) >= 11 is 0. The predicted octanol–water partition coefficient (Wildman–Crippen LogP) is 10.8. The highest BCUT2D eigenvalue weighted by Crippen LogP contribution is 2.39. The number of rotatable bonds is 4. The van der Waals surface area contributed by atoms with Crippen LogP contribution in [0.3, 0.4) is 0 Å². The van der Waals surface area contributed by atoms with Gasteiger partial charge in [0.2, 0.25) is 0 Å². The van der Waals surface area contributed by atoms with Gasteiger partial charge in [-0.1, -0.05) is 91.0 Å². The molecule has 0 fully saturated rings. The average molecular weight is 636 g/mol. The lowest BCUT2D eigenvalue weighted by atomic mass is 9.97. The molecule has 0 aliphatic carbocycles. The standard InChI is InChI=1S/C45H25N5/c46-26-29-16-22-43-40(23-29)38-11-2-4-14-42(38)50(43)45-34(28-48)8-6-12-36(45)32-19-17-31(18-20-32)33-7-5-9-35(25-33)49-41-13-3-1-10-37(41)39-21-15-30(27-47)24-44(39)49/h1-25H. The van der Waals surface area contributed by atoms with E-state index in [4.69, 9.17) is 0 Å². The SMILES string of the molecule is N#Cc1ccc2c(c1)c1ccccc1n2-c1c(C#N)cccc1-c1ccc(-c2cccc(-n3c4ccccc4c4ccc(C#N)cc43)c2)cc1. The van der Waals surface area contributed by atoms with Crippen LogP contribution >= 0.6 is 0 Å². The second-order valence-corrected chi connectivity index (χ2v) is 12.3. The van der Waals surface area contributed by atoms with Crippen LogP contribution in [0.15, 0.2) is 152 Å². The summed E-state index contributed by atoms with van der Waals surface area (Å²) in [6.45, 7) is 0. The Kier molecular flexibility index (Phi) is 6.56. The molecule has 7 aromatic carbocycles. The number of nitrogens with zero attached hydrogens (tertiary/aromatic N) is 5. The van der Waals surface area contributed by atoms with Gasteiger partial charge in [-0.15, -0.1) is 0 Å². The Bertz CT molecular complexity index is 2960. The van der Waals surface area contributed by atoms with Gasteiger partial charge in [0.25, 0.3) is 0 Å². The second-order valence-electron chi connectivity index (χ2n) is 12.3. The minimum Gasteiger partial charge on any atom is -0.309 e. The topological polar surface area (TPSA) is 81.2 Å². The molecule has 0 atom stereocenters. The third kappa shape index (κ3) is 4.38. The molecule has 0 amide bonds. The Balaban J connectivity index is 1.18. The molecule has 0 N–H and O–H groups in total. The molecule has 0 aliphatic rings. The highest BCUT2D eigenvalue weighted by molar-refractivity contribution is 6.11. The van der Waals surface area contributed by atoms with Gasteiger partial charge in [-0.05, 0) is 77.4 Å². The van der Waals surface area contributed by atoms with Gasteiger partial charge in [-0.2, -0.15) is 15.8 Å². The number of fused-ring (bicyclic) bond motifs is 6. The third-order valence-corrected chi connectivity index (χ3v) is 9.62. The Morgan fingerprint density at radius 3 is 1.76 bits per heavy atom. The summed E-state index contributed by atoms with van der Waals surface area (Å²) in [4.78, 5) is 0. The molecule has 230 valence electrons. The Labute approximate surface area is 287 Å². The van der Waals surface area contributed by atoms with Crippen LogP contribution in [0.4, 0.5) is 0 Å². The number of aromatic nitrogens is 2. The third-order valence-electron chi connectivity index (χ3n) is 9.62. The molecule has 5 nitrogen and oxygen atoms in total. The van der Waals surface area contributed by atoms with Crippen LogP contribution in [0.1, 0.15) is 16.7 Å². The van der Waals surface area contributed by atoms with Crippen molar-refractivity contribution in [1.29, 1.82) is 15.8 Å². The van der Waals surface area contributed by atoms with E-state index in [1.807, 2.05) is 72.8 Å². The van der Waals surface area contributed by atoms with Crippen molar-refractivity contribution in [2.24, 2.45) is 0 Å². The summed E-state index contributed by atoms with van der Waals surface area (Å²) in [6.07, 6.45) is 0. The number of hydrogen-bond donors (Lipinski definition) is 0. The lowest BCUT2D eigenvalue weighted by Gasteiger charge is -2.16. The van der Waals surface area contributed by atoms with Gasteiger partial charge in [0, 0.05) is 32.8 Å². The molecule has 0 unspecified atom stereocenters. The van der Waals surface area contributed by atoms with Crippen molar-refractivity contribution in [3.8, 4) is 51.8 Å². The van der Waals surface area contributed by atoms with Crippen molar-refractivity contribution in [3.05, 3.63) is 168 Å². The molecule has 0 bridgehead atoms. The Morgan fingerprint density at radius 2 is 1.00 bits per heavy atom. The minimum atomic E-state index is 0.567. The summed E-state index contributed by atoms with van der Waals surface area (Å²) in [5.41, 5.74) is 11.7. The van der Waals surface area contributed by atoms with E-state index >= 15 is 0 Å². The fourth-order valence-corrected chi connectivity index (χ4v) is 7.38. The molecule has 50 heavy (non-hydrogen) atoms. The molecule has 5 heteroatoms. The predicted molar refractivity (Wildman–Crippen MR) is 200 cm³/mol. The summed E-state index contributed by atoms with van der Waals surface area (Å²) in [5.74, 6) is 0. The molecule has 2 aromatic heterocycles. The molecule has 2 heterocycles. The maximum Gasteiger partial charge on any atom is 0.101 e. The smallest absolute Gasteiger partial charge is 0.101 e. The summed E-state index contributed by atoms with van der Waals surface area (Å²) in [6, 6.07) is 57.9. The zero-order valence-corrected chi connectivity index (χ0v) is 26.7. The van der Waals surface area contributed by atoms with Crippen molar-refractivity contribution >= 4 is 43.6 Å². The Morgan fingerprint density at radius 1 is 0.380 bits per heavy atom. The number of nitriles is 3. The first kappa shape index (κ1) is 28.8. The normalized spacial score (nSPS) is 11.1. The maximum absolute atomic E-state index is 10.3. The fourth-order valence-electron chi connectivity index (χ4n) is 7.38. The molecule has 0 saturated heterocycles. The number of para-hydroxylation sites is 3. The molecule has 0 radical (unpaired) electrons. The fraction of sp³-hybridized carbons (Fsp3) is 0. The lowest BCUT2D eigenvalue weighted by molar-refractivity contribution is 1.17. The van der Waals surface area contributed by atoms with E-state index in [0.29, 0.717) is 16.7 Å². The highest BCUT2D eigenvalue weighted by Gasteiger charge is 2.19. The van der Waals surface area contributed by atoms with Crippen molar-refractivity contribution < 1.29 is 0 Å². The average Bonchev–Trinajstić information content (AvgIpc) is 3.69. The van der Waals surface area contributed by atoms with E-state index in [1.165, 1.54) is 0 Å². The van der Waals surface area contributed by atoms with Gasteiger partial charge in [0.1, 0.15) is 6.07 Å². The summed E-state index contributed by atoms with van der Waals surface area (Å²) < 4.78 is 4.38. The number of benzene rings is 7. The zero-order valence-electron chi connectivity index (χ0n) is 26.7. The van der Waals surface area contributed by atoms with Crippen molar-refractivity contribution in [2.75, 3.05) is 0 Å². The van der Waals surface area contributed by atoms with Crippen LogP contribution in [-0.4, -0.2) is 9.13 Å². The first-order chi connectivity index (χ1) is 24.7. The van der Waals surface area contributed by atoms with Crippen molar-refractivity contribution in [1.82, 2.24) is 9.13 Å². The van der Waals surface area contributed by atoms with Crippen LogP contribution in [0.2, 0.25) is 0 Å². The molecule has 9 rings (SSSR count). The van der Waals surface area contributed by atoms with E-state index in [9.17, 15) is 15.8 Å². The van der Waals surface area contributed by atoms with Gasteiger partial charge in [-0.25, -0.2) is 0 Å². The van der Waals surface area contributed by atoms with Crippen LogP contribution in [-0.2, 0) is 0 Å². The van der Waals surface area contributed by atoms with E-state index in [2.05, 4.69) is 106 Å². The van der Waals surface area contributed by atoms with Crippen molar-refractivity contribution in [2.45, 2.75) is 0 Å². The highest BCUT2D eigenvalue weighted by atomic mass is 15.0. The molecule has 0 spiro atoms. The van der Waals surface area contributed by atoms with Crippen molar-refractivity contribution in [3.63, 3.8) is 0 Å². The quantitative estimate of drug-likeness (QED) is 0.193. The monoisotopic (exact) mass is 635 g/mol.